The molecule has 3 aromatic rings. The SMILES string of the molecule is CNc1cc(Nc2cccnc2OC2CCC(O)CC2)nc2c(C(=O)NC3CCC3)cnn12. The molecule has 2 saturated carbocycles. The third-order valence-electron chi connectivity index (χ3n) is 6.37. The molecule has 2 fully saturated rings. The van der Waals surface area contributed by atoms with Crippen LogP contribution in [0.4, 0.5) is 17.3 Å². The predicted octanol–water partition coefficient (Wildman–Crippen LogP) is 2.87. The van der Waals surface area contributed by atoms with E-state index in [0.29, 0.717) is 34.4 Å². The quantitative estimate of drug-likeness (QED) is 0.432. The van der Waals surface area contributed by atoms with Crippen LogP contribution in [0, 0.1) is 0 Å². The van der Waals surface area contributed by atoms with Crippen molar-refractivity contribution in [2.75, 3.05) is 17.7 Å². The molecule has 2 aliphatic rings. The van der Waals surface area contributed by atoms with Crippen LogP contribution in [0.2, 0.25) is 0 Å². The summed E-state index contributed by atoms with van der Waals surface area (Å²) in [6.45, 7) is 0. The van der Waals surface area contributed by atoms with Gasteiger partial charge in [-0.1, -0.05) is 0 Å². The number of pyridine rings is 1. The Labute approximate surface area is 191 Å². The van der Waals surface area contributed by atoms with Crippen LogP contribution in [0.3, 0.4) is 0 Å². The summed E-state index contributed by atoms with van der Waals surface area (Å²) >= 11 is 0. The van der Waals surface area contributed by atoms with E-state index in [4.69, 9.17) is 4.74 Å². The molecule has 0 spiro atoms. The number of anilines is 3. The van der Waals surface area contributed by atoms with Gasteiger partial charge >= 0.3 is 0 Å². The third-order valence-corrected chi connectivity index (χ3v) is 6.37. The lowest BCUT2D eigenvalue weighted by atomic mass is 9.93. The topological polar surface area (TPSA) is 126 Å². The molecule has 10 nitrogen and oxygen atoms in total. The van der Waals surface area contributed by atoms with Crippen LogP contribution in [0.1, 0.15) is 55.3 Å². The average Bonchev–Trinajstić information content (AvgIpc) is 3.22. The second-order valence-electron chi connectivity index (χ2n) is 8.70. The van der Waals surface area contributed by atoms with Gasteiger partial charge in [0.15, 0.2) is 5.65 Å². The predicted molar refractivity (Wildman–Crippen MR) is 124 cm³/mol. The monoisotopic (exact) mass is 451 g/mol. The zero-order valence-electron chi connectivity index (χ0n) is 18.6. The van der Waals surface area contributed by atoms with Gasteiger partial charge in [-0.3, -0.25) is 4.79 Å². The van der Waals surface area contributed by atoms with Crippen molar-refractivity contribution in [1.82, 2.24) is 24.9 Å². The summed E-state index contributed by atoms with van der Waals surface area (Å²) in [5.41, 5.74) is 1.58. The van der Waals surface area contributed by atoms with E-state index in [-0.39, 0.29) is 24.2 Å². The van der Waals surface area contributed by atoms with Gasteiger partial charge in [-0.15, -0.1) is 0 Å². The van der Waals surface area contributed by atoms with E-state index >= 15 is 0 Å². The van der Waals surface area contributed by atoms with Crippen molar-refractivity contribution in [1.29, 1.82) is 0 Å². The summed E-state index contributed by atoms with van der Waals surface area (Å²) in [6, 6.07) is 5.76. The van der Waals surface area contributed by atoms with Crippen LogP contribution in [-0.4, -0.2) is 55.9 Å². The number of carbonyl (C=O) groups is 1. The Morgan fingerprint density at radius 1 is 1.21 bits per heavy atom. The third kappa shape index (κ3) is 4.56. The summed E-state index contributed by atoms with van der Waals surface area (Å²) in [4.78, 5) is 21.9. The van der Waals surface area contributed by atoms with Crippen molar-refractivity contribution in [3.05, 3.63) is 36.2 Å². The Hall–Kier alpha value is -3.40. The molecule has 1 amide bonds. The van der Waals surface area contributed by atoms with E-state index in [1.807, 2.05) is 18.2 Å². The van der Waals surface area contributed by atoms with Crippen LogP contribution >= 0.6 is 0 Å². The molecule has 0 saturated heterocycles. The van der Waals surface area contributed by atoms with Gasteiger partial charge in [0.05, 0.1) is 12.3 Å². The highest BCUT2D eigenvalue weighted by Gasteiger charge is 2.24. The molecular formula is C23H29N7O3. The van der Waals surface area contributed by atoms with Gasteiger partial charge in [0.2, 0.25) is 5.88 Å². The Kier molecular flexibility index (Phi) is 5.99. The number of nitrogens with zero attached hydrogens (tertiary/aromatic N) is 4. The van der Waals surface area contributed by atoms with Crippen molar-refractivity contribution in [2.24, 2.45) is 0 Å². The van der Waals surface area contributed by atoms with Gasteiger partial charge in [-0.25, -0.2) is 9.97 Å². The lowest BCUT2D eigenvalue weighted by Gasteiger charge is -2.26. The van der Waals surface area contributed by atoms with E-state index in [2.05, 4.69) is 31.0 Å². The number of aliphatic hydroxyl groups is 1. The van der Waals surface area contributed by atoms with Crippen molar-refractivity contribution in [2.45, 2.75) is 63.2 Å². The van der Waals surface area contributed by atoms with Crippen molar-refractivity contribution in [3.63, 3.8) is 0 Å². The first-order chi connectivity index (χ1) is 16.1. The van der Waals surface area contributed by atoms with Crippen LogP contribution in [0.25, 0.3) is 5.65 Å². The van der Waals surface area contributed by atoms with Gasteiger partial charge in [-0.2, -0.15) is 9.61 Å². The largest absolute Gasteiger partial charge is 0.473 e. The molecule has 0 atom stereocenters. The summed E-state index contributed by atoms with van der Waals surface area (Å²) in [5, 5.41) is 23.6. The second-order valence-corrected chi connectivity index (χ2v) is 8.70. The van der Waals surface area contributed by atoms with E-state index in [1.165, 1.54) is 0 Å². The summed E-state index contributed by atoms with van der Waals surface area (Å²) in [5.74, 6) is 1.56. The molecular weight excluding hydrogens is 422 g/mol. The van der Waals surface area contributed by atoms with E-state index in [1.54, 1.807) is 24.0 Å². The normalized spacial score (nSPS) is 20.8. The fraction of sp³-hybridized carbons (Fsp3) is 0.478. The number of aromatic nitrogens is 4. The molecule has 0 bridgehead atoms. The molecule has 0 radical (unpaired) electrons. The van der Waals surface area contributed by atoms with Crippen molar-refractivity contribution < 1.29 is 14.6 Å². The van der Waals surface area contributed by atoms with Gasteiger partial charge in [0.25, 0.3) is 5.91 Å². The molecule has 0 aliphatic heterocycles. The van der Waals surface area contributed by atoms with E-state index < -0.39 is 0 Å². The van der Waals surface area contributed by atoms with Gasteiger partial charge in [-0.05, 0) is 57.1 Å². The van der Waals surface area contributed by atoms with Crippen molar-refractivity contribution >= 4 is 28.9 Å². The maximum absolute atomic E-state index is 12.8. The number of aliphatic hydroxyl groups excluding tert-OH is 1. The lowest BCUT2D eigenvalue weighted by molar-refractivity contribution is 0.0647. The first-order valence-corrected chi connectivity index (χ1v) is 11.5. The standard InChI is InChI=1S/C23H29N7O3/c1-24-20-12-19(29-21-17(13-26-30(20)21)22(32)27-14-4-2-5-14)28-18-6-3-11-25-23(18)33-16-9-7-15(31)8-10-16/h3,6,11-16,24,31H,2,4-5,7-10H2,1H3,(H,27,32)(H,28,29). The first kappa shape index (κ1) is 21.4. The molecule has 33 heavy (non-hydrogen) atoms. The molecule has 0 aromatic carbocycles. The van der Waals surface area contributed by atoms with Crippen LogP contribution in [0.5, 0.6) is 5.88 Å². The Balaban J connectivity index is 1.41. The van der Waals surface area contributed by atoms with E-state index in [9.17, 15) is 9.90 Å². The number of amides is 1. The number of fused-ring (bicyclic) bond motifs is 1. The maximum atomic E-state index is 12.8. The maximum Gasteiger partial charge on any atom is 0.256 e. The number of nitrogens with one attached hydrogen (secondary N) is 3. The smallest absolute Gasteiger partial charge is 0.256 e. The van der Waals surface area contributed by atoms with Crippen LogP contribution in [-0.2, 0) is 0 Å². The summed E-state index contributed by atoms with van der Waals surface area (Å²) in [6.07, 6.45) is 9.23. The zero-order chi connectivity index (χ0) is 22.8. The second kappa shape index (κ2) is 9.22. The molecule has 0 unspecified atom stereocenters. The highest BCUT2D eigenvalue weighted by molar-refractivity contribution is 6.00. The van der Waals surface area contributed by atoms with E-state index in [0.717, 1.165) is 44.9 Å². The molecule has 10 heteroatoms. The molecule has 2 aliphatic carbocycles. The fourth-order valence-electron chi connectivity index (χ4n) is 4.22. The highest BCUT2D eigenvalue weighted by atomic mass is 16.5. The summed E-state index contributed by atoms with van der Waals surface area (Å²) in [7, 11) is 1.80. The minimum absolute atomic E-state index is 0.0174. The zero-order valence-corrected chi connectivity index (χ0v) is 18.6. The highest BCUT2D eigenvalue weighted by Crippen LogP contribution is 2.30. The average molecular weight is 452 g/mol. The first-order valence-electron chi connectivity index (χ1n) is 11.5. The molecule has 4 N–H and O–H groups in total. The van der Waals surface area contributed by atoms with Gasteiger partial charge in [0, 0.05) is 25.4 Å². The minimum Gasteiger partial charge on any atom is -0.473 e. The van der Waals surface area contributed by atoms with Crippen molar-refractivity contribution in [3.8, 4) is 5.88 Å². The fourth-order valence-corrected chi connectivity index (χ4v) is 4.22. The number of ether oxygens (including phenoxy) is 1. The Morgan fingerprint density at radius 3 is 2.76 bits per heavy atom. The van der Waals surface area contributed by atoms with Gasteiger partial charge < -0.3 is 25.8 Å². The van der Waals surface area contributed by atoms with Crippen LogP contribution < -0.4 is 20.7 Å². The number of hydrogen-bond acceptors (Lipinski definition) is 8. The number of carbonyl (C=O) groups excluding carboxylic acids is 1. The Morgan fingerprint density at radius 2 is 2.03 bits per heavy atom. The number of rotatable bonds is 7. The molecule has 174 valence electrons. The molecule has 3 heterocycles. The van der Waals surface area contributed by atoms with Gasteiger partial charge in [0.1, 0.15) is 29.0 Å². The lowest BCUT2D eigenvalue weighted by Crippen LogP contribution is -2.39. The minimum atomic E-state index is -0.242. The molecule has 3 aromatic heterocycles. The van der Waals surface area contributed by atoms with Crippen LogP contribution in [0.15, 0.2) is 30.6 Å². The number of hydrogen-bond donors (Lipinski definition) is 4. The molecule has 5 rings (SSSR count). The summed E-state index contributed by atoms with van der Waals surface area (Å²) < 4.78 is 7.77. The Bertz CT molecular complexity index is 1140.